The molecule has 0 saturated heterocycles. The first-order chi connectivity index (χ1) is 9.45. The number of ether oxygens (including phenoxy) is 1. The molecule has 2 nitrogen and oxygen atoms in total. The van der Waals surface area contributed by atoms with E-state index in [9.17, 15) is 4.39 Å². The molecule has 2 rings (SSSR count). The Labute approximate surface area is 134 Å². The minimum atomic E-state index is -0.316. The highest BCUT2D eigenvalue weighted by Crippen LogP contribution is 2.32. The van der Waals surface area contributed by atoms with E-state index in [1.807, 2.05) is 25.1 Å². The highest BCUT2D eigenvalue weighted by atomic mass is 79.9. The van der Waals surface area contributed by atoms with Crippen LogP contribution in [0.2, 0.25) is 0 Å². The molecule has 0 radical (unpaired) electrons. The first-order valence-electron chi connectivity index (χ1n) is 6.12. The highest BCUT2D eigenvalue weighted by Gasteiger charge is 2.07. The summed E-state index contributed by atoms with van der Waals surface area (Å²) in [6.45, 7) is 1.97. The summed E-state index contributed by atoms with van der Waals surface area (Å²) in [5.41, 5.74) is 6.92. The molecule has 0 bridgehead atoms. The molecule has 5 heteroatoms. The molecule has 0 spiro atoms. The fraction of sp³-hybridized carbons (Fsp3) is 0.200. The van der Waals surface area contributed by atoms with E-state index in [1.54, 1.807) is 12.1 Å². The van der Waals surface area contributed by atoms with Gasteiger partial charge in [0.2, 0.25) is 0 Å². The molecule has 106 valence electrons. The van der Waals surface area contributed by atoms with E-state index in [0.717, 1.165) is 16.5 Å². The molecule has 1 atom stereocenters. The Morgan fingerprint density at radius 2 is 1.90 bits per heavy atom. The lowest BCUT2D eigenvalue weighted by Gasteiger charge is -2.11. The van der Waals surface area contributed by atoms with Crippen LogP contribution in [0.15, 0.2) is 45.3 Å². The third-order valence-corrected chi connectivity index (χ3v) is 3.90. The van der Waals surface area contributed by atoms with Crippen LogP contribution in [0.4, 0.5) is 4.39 Å². The summed E-state index contributed by atoms with van der Waals surface area (Å²) < 4.78 is 20.1. The molecular weight excluding hydrogens is 389 g/mol. The van der Waals surface area contributed by atoms with Crippen molar-refractivity contribution in [2.24, 2.45) is 5.73 Å². The fourth-order valence-corrected chi connectivity index (χ4v) is 2.66. The Bertz CT molecular complexity index is 617. The molecular formula is C15H14Br2FNO. The van der Waals surface area contributed by atoms with Gasteiger partial charge >= 0.3 is 0 Å². The van der Waals surface area contributed by atoms with Crippen molar-refractivity contribution >= 4 is 31.9 Å². The van der Waals surface area contributed by atoms with Gasteiger partial charge in [0, 0.05) is 6.04 Å². The minimum absolute atomic E-state index is 0.113. The SMILES string of the molecule is CC(N)Cc1ccc(Oc2ccc(F)c(Br)c2)c(Br)c1. The van der Waals surface area contributed by atoms with Crippen LogP contribution < -0.4 is 10.5 Å². The van der Waals surface area contributed by atoms with Crippen LogP contribution in [0, 0.1) is 5.82 Å². The number of nitrogens with two attached hydrogens (primary N) is 1. The summed E-state index contributed by atoms with van der Waals surface area (Å²) in [6, 6.07) is 10.5. The molecule has 2 N–H and O–H groups in total. The van der Waals surface area contributed by atoms with Gasteiger partial charge in [-0.05, 0) is 81.1 Å². The standard InChI is InChI=1S/C15H14Br2FNO/c1-9(19)6-10-2-5-15(13(17)7-10)20-11-3-4-14(18)12(16)8-11/h2-5,7-9H,6,19H2,1H3. The smallest absolute Gasteiger partial charge is 0.141 e. The molecule has 0 aromatic heterocycles. The van der Waals surface area contributed by atoms with Crippen LogP contribution in [0.25, 0.3) is 0 Å². The quantitative estimate of drug-likeness (QED) is 0.777. The second kappa shape index (κ2) is 6.70. The summed E-state index contributed by atoms with van der Waals surface area (Å²) in [6.07, 6.45) is 0.807. The normalized spacial score (nSPS) is 12.2. The third-order valence-electron chi connectivity index (χ3n) is 2.67. The molecule has 0 aliphatic heterocycles. The summed E-state index contributed by atoms with van der Waals surface area (Å²) in [4.78, 5) is 0. The van der Waals surface area contributed by atoms with Crippen molar-refractivity contribution in [3.8, 4) is 11.5 Å². The van der Waals surface area contributed by atoms with Gasteiger partial charge in [-0.1, -0.05) is 6.07 Å². The van der Waals surface area contributed by atoms with Crippen molar-refractivity contribution in [1.29, 1.82) is 0 Å². The van der Waals surface area contributed by atoms with Crippen LogP contribution >= 0.6 is 31.9 Å². The maximum atomic E-state index is 13.2. The zero-order valence-corrected chi connectivity index (χ0v) is 14.0. The molecule has 0 saturated carbocycles. The molecule has 0 aliphatic carbocycles. The first-order valence-corrected chi connectivity index (χ1v) is 7.71. The van der Waals surface area contributed by atoms with Crippen molar-refractivity contribution in [2.45, 2.75) is 19.4 Å². The number of hydrogen-bond acceptors (Lipinski definition) is 2. The number of rotatable bonds is 4. The van der Waals surface area contributed by atoms with Crippen LogP contribution in [0.1, 0.15) is 12.5 Å². The Morgan fingerprint density at radius 3 is 2.50 bits per heavy atom. The second-order valence-corrected chi connectivity index (χ2v) is 6.33. The van der Waals surface area contributed by atoms with E-state index < -0.39 is 0 Å². The average molecular weight is 403 g/mol. The van der Waals surface area contributed by atoms with E-state index in [1.165, 1.54) is 6.07 Å². The summed E-state index contributed by atoms with van der Waals surface area (Å²) >= 11 is 6.61. The van der Waals surface area contributed by atoms with Gasteiger partial charge in [0.15, 0.2) is 0 Å². The van der Waals surface area contributed by atoms with Crippen LogP contribution in [-0.2, 0) is 6.42 Å². The predicted molar refractivity (Wildman–Crippen MR) is 85.7 cm³/mol. The van der Waals surface area contributed by atoms with Gasteiger partial charge in [-0.3, -0.25) is 0 Å². The van der Waals surface area contributed by atoms with Gasteiger partial charge in [0.1, 0.15) is 17.3 Å². The van der Waals surface area contributed by atoms with Gasteiger partial charge in [-0.2, -0.15) is 0 Å². The molecule has 2 aromatic carbocycles. The maximum absolute atomic E-state index is 13.2. The van der Waals surface area contributed by atoms with Gasteiger partial charge < -0.3 is 10.5 Å². The molecule has 0 amide bonds. The summed E-state index contributed by atoms with van der Waals surface area (Å²) in [5, 5.41) is 0. The fourth-order valence-electron chi connectivity index (χ4n) is 1.79. The van der Waals surface area contributed by atoms with E-state index >= 15 is 0 Å². The van der Waals surface area contributed by atoms with Crippen molar-refractivity contribution in [2.75, 3.05) is 0 Å². The second-order valence-electron chi connectivity index (χ2n) is 4.62. The monoisotopic (exact) mass is 401 g/mol. The molecule has 1 unspecified atom stereocenters. The first kappa shape index (κ1) is 15.5. The lowest BCUT2D eigenvalue weighted by Crippen LogP contribution is -2.17. The number of hydrogen-bond donors (Lipinski definition) is 1. The summed E-state index contributed by atoms with van der Waals surface area (Å²) in [7, 11) is 0. The van der Waals surface area contributed by atoms with Crippen molar-refractivity contribution in [1.82, 2.24) is 0 Å². The van der Waals surface area contributed by atoms with Crippen LogP contribution in [0.5, 0.6) is 11.5 Å². The van der Waals surface area contributed by atoms with E-state index in [0.29, 0.717) is 16.0 Å². The molecule has 0 fully saturated rings. The Kier molecular flexibility index (Phi) is 5.18. The Balaban J connectivity index is 2.19. The summed E-state index contributed by atoms with van der Waals surface area (Å²) in [5.74, 6) is 0.930. The third kappa shape index (κ3) is 4.04. The molecule has 0 heterocycles. The minimum Gasteiger partial charge on any atom is -0.456 e. The largest absolute Gasteiger partial charge is 0.456 e. The molecule has 2 aromatic rings. The van der Waals surface area contributed by atoms with Gasteiger partial charge in [0.25, 0.3) is 0 Å². The zero-order valence-electron chi connectivity index (χ0n) is 10.9. The van der Waals surface area contributed by atoms with E-state index in [-0.39, 0.29) is 11.9 Å². The van der Waals surface area contributed by atoms with E-state index in [2.05, 4.69) is 31.9 Å². The lowest BCUT2D eigenvalue weighted by molar-refractivity contribution is 0.476. The average Bonchev–Trinajstić information content (AvgIpc) is 2.36. The molecule has 20 heavy (non-hydrogen) atoms. The highest BCUT2D eigenvalue weighted by molar-refractivity contribution is 9.10. The van der Waals surface area contributed by atoms with Crippen molar-refractivity contribution < 1.29 is 9.13 Å². The number of benzene rings is 2. The van der Waals surface area contributed by atoms with Crippen molar-refractivity contribution in [3.63, 3.8) is 0 Å². The Morgan fingerprint density at radius 1 is 1.15 bits per heavy atom. The van der Waals surface area contributed by atoms with Gasteiger partial charge in [0.05, 0.1) is 8.95 Å². The van der Waals surface area contributed by atoms with Crippen molar-refractivity contribution in [3.05, 3.63) is 56.7 Å². The lowest BCUT2D eigenvalue weighted by atomic mass is 10.1. The van der Waals surface area contributed by atoms with E-state index in [4.69, 9.17) is 10.5 Å². The van der Waals surface area contributed by atoms with Gasteiger partial charge in [-0.25, -0.2) is 4.39 Å². The van der Waals surface area contributed by atoms with Gasteiger partial charge in [-0.15, -0.1) is 0 Å². The van der Waals surface area contributed by atoms with Crippen LogP contribution in [-0.4, -0.2) is 6.04 Å². The van der Waals surface area contributed by atoms with Crippen LogP contribution in [0.3, 0.4) is 0 Å². The Hall–Kier alpha value is -0.910. The molecule has 0 aliphatic rings. The maximum Gasteiger partial charge on any atom is 0.141 e. The number of halogens is 3. The predicted octanol–water partition coefficient (Wildman–Crippen LogP) is 5.03. The zero-order chi connectivity index (χ0) is 14.7. The topological polar surface area (TPSA) is 35.2 Å².